The summed E-state index contributed by atoms with van der Waals surface area (Å²) in [6.07, 6.45) is 0. The van der Waals surface area contributed by atoms with Gasteiger partial charge in [-0.25, -0.2) is 0 Å². The fraction of sp³-hybridized carbons (Fsp3) is 0.104. The lowest BCUT2D eigenvalue weighted by Gasteiger charge is -2.28. The number of hydrogen-bond acceptors (Lipinski definition) is 3. The minimum Gasteiger partial charge on any atom is -0.455 e. The highest BCUT2D eigenvalue weighted by molar-refractivity contribution is 7.25. The molecule has 2 heterocycles. The maximum atomic E-state index is 6.50. The van der Waals surface area contributed by atoms with Crippen LogP contribution >= 0.6 is 11.3 Å². The molecule has 0 spiro atoms. The highest BCUT2D eigenvalue weighted by Crippen LogP contribution is 2.52. The number of thiophene rings is 1. The maximum Gasteiger partial charge on any atom is 0.143 e. The Labute approximate surface area is 413 Å². The van der Waals surface area contributed by atoms with Crippen LogP contribution in [-0.2, 0) is 10.8 Å². The summed E-state index contributed by atoms with van der Waals surface area (Å²) in [6, 6.07) is 80.7. The van der Waals surface area contributed by atoms with Crippen molar-refractivity contribution in [1.29, 1.82) is 0 Å². The third-order valence-electron chi connectivity index (χ3n) is 14.9. The molecular formula is C67H51NOS. The predicted octanol–water partition coefficient (Wildman–Crippen LogP) is 19.7. The molecule has 0 unspecified atom stereocenters. The zero-order valence-corrected chi connectivity index (χ0v) is 40.9. The number of rotatable bonds is 7. The highest BCUT2D eigenvalue weighted by atomic mass is 32.1. The van der Waals surface area contributed by atoms with Gasteiger partial charge >= 0.3 is 0 Å². The minimum atomic E-state index is -0.145. The first-order valence-corrected chi connectivity index (χ1v) is 25.2. The SMILES string of the molecule is CC(C)(C)c1ccc(-c2ccc3c(c2)C(C)(C)c2ccc(-c4ccccc4N(c4ccc(-c5ccc6sc7ccccc7c6c5)cc4)c4ccc(-c5cccc6c5oc5ccccc56)cc4)cc2-3)cc1. The molecule has 336 valence electrons. The van der Waals surface area contributed by atoms with Crippen LogP contribution in [0.3, 0.4) is 0 Å². The number of hydrogen-bond donors (Lipinski definition) is 0. The molecule has 0 radical (unpaired) electrons. The van der Waals surface area contributed by atoms with Gasteiger partial charge in [0.2, 0.25) is 0 Å². The third kappa shape index (κ3) is 6.90. The van der Waals surface area contributed by atoms with E-state index in [9.17, 15) is 0 Å². The molecule has 0 fully saturated rings. The molecule has 2 aromatic heterocycles. The lowest BCUT2D eigenvalue weighted by molar-refractivity contribution is 0.590. The van der Waals surface area contributed by atoms with Gasteiger partial charge in [0.1, 0.15) is 11.2 Å². The van der Waals surface area contributed by atoms with E-state index in [4.69, 9.17) is 4.42 Å². The molecule has 10 aromatic carbocycles. The Morgan fingerprint density at radius 2 is 0.986 bits per heavy atom. The molecule has 1 aliphatic rings. The van der Waals surface area contributed by atoms with Gasteiger partial charge in [0.15, 0.2) is 0 Å². The van der Waals surface area contributed by atoms with Gasteiger partial charge in [-0.15, -0.1) is 11.3 Å². The van der Waals surface area contributed by atoms with Crippen molar-refractivity contribution in [2.24, 2.45) is 0 Å². The van der Waals surface area contributed by atoms with Gasteiger partial charge in [-0.05, 0) is 133 Å². The Bertz CT molecular complexity index is 3990. The van der Waals surface area contributed by atoms with Crippen molar-refractivity contribution in [2.45, 2.75) is 45.4 Å². The van der Waals surface area contributed by atoms with Crippen LogP contribution in [0.15, 0.2) is 223 Å². The van der Waals surface area contributed by atoms with Gasteiger partial charge in [0, 0.05) is 58.9 Å². The number of nitrogens with zero attached hydrogens (tertiary/aromatic N) is 1. The maximum absolute atomic E-state index is 6.50. The van der Waals surface area contributed by atoms with Crippen molar-refractivity contribution in [3.63, 3.8) is 0 Å². The van der Waals surface area contributed by atoms with E-state index in [0.717, 1.165) is 50.1 Å². The second kappa shape index (κ2) is 16.1. The summed E-state index contributed by atoms with van der Waals surface area (Å²) in [6.45, 7) is 11.6. The average molecular weight is 918 g/mol. The second-order valence-electron chi connectivity index (χ2n) is 20.5. The Balaban J connectivity index is 0.911. The lowest BCUT2D eigenvalue weighted by Crippen LogP contribution is -2.15. The number of benzene rings is 10. The predicted molar refractivity (Wildman–Crippen MR) is 299 cm³/mol. The van der Waals surface area contributed by atoms with Crippen molar-refractivity contribution >= 4 is 70.5 Å². The van der Waals surface area contributed by atoms with Crippen LogP contribution in [0, 0.1) is 0 Å². The fourth-order valence-electron chi connectivity index (χ4n) is 11.1. The van der Waals surface area contributed by atoms with Crippen LogP contribution in [0.2, 0.25) is 0 Å². The summed E-state index contributed by atoms with van der Waals surface area (Å²) < 4.78 is 9.14. The van der Waals surface area contributed by atoms with E-state index in [1.165, 1.54) is 81.4 Å². The van der Waals surface area contributed by atoms with E-state index in [0.29, 0.717) is 0 Å². The van der Waals surface area contributed by atoms with Gasteiger partial charge < -0.3 is 9.32 Å². The van der Waals surface area contributed by atoms with E-state index >= 15 is 0 Å². The van der Waals surface area contributed by atoms with Crippen molar-refractivity contribution in [3.05, 3.63) is 235 Å². The smallest absolute Gasteiger partial charge is 0.143 e. The first-order chi connectivity index (χ1) is 34.1. The molecule has 70 heavy (non-hydrogen) atoms. The molecule has 12 aromatic rings. The molecule has 0 bridgehead atoms. The molecule has 3 heteroatoms. The van der Waals surface area contributed by atoms with Gasteiger partial charge in [-0.2, -0.15) is 0 Å². The highest BCUT2D eigenvalue weighted by Gasteiger charge is 2.36. The second-order valence-corrected chi connectivity index (χ2v) is 21.6. The first-order valence-electron chi connectivity index (χ1n) is 24.4. The molecule has 0 saturated heterocycles. The Morgan fingerprint density at radius 1 is 0.400 bits per heavy atom. The summed E-state index contributed by atoms with van der Waals surface area (Å²) in [5.74, 6) is 0. The van der Waals surface area contributed by atoms with Crippen molar-refractivity contribution < 1.29 is 4.42 Å². The first kappa shape index (κ1) is 42.1. The normalized spacial score (nSPS) is 13.0. The molecule has 0 saturated carbocycles. The number of anilines is 3. The van der Waals surface area contributed by atoms with E-state index < -0.39 is 0 Å². The summed E-state index contributed by atoms with van der Waals surface area (Å²) in [5, 5.41) is 4.89. The number of furan rings is 1. The number of fused-ring (bicyclic) bond motifs is 9. The molecule has 0 aliphatic heterocycles. The monoisotopic (exact) mass is 917 g/mol. The largest absolute Gasteiger partial charge is 0.455 e. The Morgan fingerprint density at radius 3 is 1.76 bits per heavy atom. The standard InChI is InChI=1S/C67H51NOS/c1-66(2,3)48-30-21-42(22-31-48)46-27-36-53-57-40-47(28-37-59(57)67(4,5)60(53)41-46)51-13-6-9-18-61(51)68(49-32-23-43(24-33-49)45-29-38-64-58(39-45)55-15-8-11-20-63(55)70-64)50-34-25-44(26-35-50)52-16-12-17-56-54-14-7-10-19-62(54)69-65(52)56/h6-41H,1-5H3. The molecule has 0 N–H and O–H groups in total. The van der Waals surface area contributed by atoms with Crippen molar-refractivity contribution in [3.8, 4) is 55.6 Å². The molecular weight excluding hydrogens is 867 g/mol. The van der Waals surface area contributed by atoms with E-state index in [1.807, 2.05) is 17.4 Å². The molecule has 0 atom stereocenters. The summed E-state index contributed by atoms with van der Waals surface area (Å²) >= 11 is 1.86. The lowest BCUT2D eigenvalue weighted by atomic mass is 9.81. The summed E-state index contributed by atoms with van der Waals surface area (Å²) in [5.41, 5.74) is 21.2. The summed E-state index contributed by atoms with van der Waals surface area (Å²) in [7, 11) is 0. The van der Waals surface area contributed by atoms with Gasteiger partial charge in [-0.1, -0.05) is 186 Å². The van der Waals surface area contributed by atoms with Gasteiger partial charge in [0.05, 0.1) is 5.69 Å². The van der Waals surface area contributed by atoms with E-state index in [1.54, 1.807) is 0 Å². The topological polar surface area (TPSA) is 16.4 Å². The van der Waals surface area contributed by atoms with Crippen molar-refractivity contribution in [2.75, 3.05) is 4.90 Å². The van der Waals surface area contributed by atoms with E-state index in [-0.39, 0.29) is 10.8 Å². The Kier molecular flexibility index (Phi) is 9.67. The van der Waals surface area contributed by atoms with Crippen LogP contribution in [0.1, 0.15) is 51.3 Å². The van der Waals surface area contributed by atoms with Crippen LogP contribution in [-0.4, -0.2) is 0 Å². The molecule has 13 rings (SSSR count). The minimum absolute atomic E-state index is 0.117. The van der Waals surface area contributed by atoms with Gasteiger partial charge in [-0.3, -0.25) is 0 Å². The molecule has 1 aliphatic carbocycles. The number of para-hydroxylation sites is 3. The zero-order valence-electron chi connectivity index (χ0n) is 40.0. The average Bonchev–Trinajstić information content (AvgIpc) is 4.04. The van der Waals surface area contributed by atoms with Crippen LogP contribution in [0.4, 0.5) is 17.1 Å². The van der Waals surface area contributed by atoms with Crippen LogP contribution in [0.25, 0.3) is 97.7 Å². The van der Waals surface area contributed by atoms with Crippen LogP contribution < -0.4 is 4.90 Å². The van der Waals surface area contributed by atoms with Gasteiger partial charge in [0.25, 0.3) is 0 Å². The zero-order chi connectivity index (χ0) is 47.3. The fourth-order valence-corrected chi connectivity index (χ4v) is 12.2. The Hall–Kier alpha value is -7.98. The van der Waals surface area contributed by atoms with E-state index in [2.05, 4.69) is 252 Å². The molecule has 0 amide bonds. The quantitative estimate of drug-likeness (QED) is 0.158. The van der Waals surface area contributed by atoms with Crippen molar-refractivity contribution in [1.82, 2.24) is 0 Å². The molecule has 2 nitrogen and oxygen atoms in total. The third-order valence-corrected chi connectivity index (χ3v) is 16.0. The van der Waals surface area contributed by atoms with Crippen LogP contribution in [0.5, 0.6) is 0 Å². The summed E-state index contributed by atoms with van der Waals surface area (Å²) in [4.78, 5) is 2.42.